The van der Waals surface area contributed by atoms with Crippen LogP contribution in [0.4, 0.5) is 9.52 Å². The van der Waals surface area contributed by atoms with Gasteiger partial charge in [-0.15, -0.1) is 0 Å². The maximum atomic E-state index is 13.2. The van der Waals surface area contributed by atoms with Crippen LogP contribution in [0.1, 0.15) is 48.3 Å². The van der Waals surface area contributed by atoms with E-state index in [2.05, 4.69) is 15.1 Å². The number of ketones is 1. The van der Waals surface area contributed by atoms with Gasteiger partial charge in [0.25, 0.3) is 0 Å². The van der Waals surface area contributed by atoms with Crippen LogP contribution in [0, 0.1) is 11.2 Å². The first kappa shape index (κ1) is 25.7. The smallest absolute Gasteiger partial charge is 0.232 e. The Hall–Kier alpha value is -2.94. The number of aromatic nitrogens is 1. The van der Waals surface area contributed by atoms with Gasteiger partial charge in [-0.05, 0) is 37.1 Å². The van der Waals surface area contributed by atoms with Gasteiger partial charge in [-0.25, -0.2) is 9.37 Å². The number of anilines is 1. The molecule has 37 heavy (non-hydrogen) atoms. The highest BCUT2D eigenvalue weighted by atomic mass is 32.1. The minimum Gasteiger partial charge on any atom is -0.301 e. The number of carbonyl (C=O) groups excluding carboxylic acids is 2. The summed E-state index contributed by atoms with van der Waals surface area (Å²) in [7, 11) is 0. The molecule has 1 amide bonds. The van der Waals surface area contributed by atoms with Gasteiger partial charge < -0.3 is 5.32 Å². The van der Waals surface area contributed by atoms with E-state index in [0.717, 1.165) is 54.9 Å². The van der Waals surface area contributed by atoms with Crippen molar-refractivity contribution in [3.05, 3.63) is 70.9 Å². The number of nitrogens with zero attached hydrogens (tertiary/aromatic N) is 3. The minimum atomic E-state index is -0.955. The third kappa shape index (κ3) is 6.32. The van der Waals surface area contributed by atoms with Crippen LogP contribution in [0.3, 0.4) is 0 Å². The first-order chi connectivity index (χ1) is 17.8. The molecule has 0 atom stereocenters. The molecule has 8 heteroatoms. The average Bonchev–Trinajstić information content (AvgIpc) is 3.66. The number of hydrogen-bond acceptors (Lipinski definition) is 6. The molecule has 0 bridgehead atoms. The second-order valence-electron chi connectivity index (χ2n) is 10.6. The van der Waals surface area contributed by atoms with Crippen LogP contribution in [0.2, 0.25) is 0 Å². The number of rotatable bonds is 9. The van der Waals surface area contributed by atoms with Gasteiger partial charge in [0.2, 0.25) is 5.91 Å². The number of carbonyl (C=O) groups is 2. The molecule has 5 rings (SSSR count). The number of benzene rings is 2. The number of Topliss-reactive ketones (excluding diaryl/α,β-unsaturated/α-hetero) is 1. The summed E-state index contributed by atoms with van der Waals surface area (Å²) in [4.78, 5) is 37.0. The molecule has 194 valence electrons. The van der Waals surface area contributed by atoms with Crippen molar-refractivity contribution in [2.24, 2.45) is 5.41 Å². The molecule has 1 N–H and O–H groups in total. The summed E-state index contributed by atoms with van der Waals surface area (Å²) in [5, 5.41) is 3.52. The van der Waals surface area contributed by atoms with Gasteiger partial charge in [-0.3, -0.25) is 19.4 Å². The normalized spacial score (nSPS) is 17.1. The highest BCUT2D eigenvalue weighted by Crippen LogP contribution is 2.34. The average molecular weight is 521 g/mol. The summed E-state index contributed by atoms with van der Waals surface area (Å²) in [5.41, 5.74) is 1.36. The molecule has 1 aliphatic heterocycles. The lowest BCUT2D eigenvalue weighted by Crippen LogP contribution is -2.46. The number of piperazine rings is 1. The molecule has 0 unspecified atom stereocenters. The third-order valence-corrected chi connectivity index (χ3v) is 8.14. The maximum absolute atomic E-state index is 13.2. The molecule has 2 fully saturated rings. The molecule has 1 aromatic heterocycles. The highest BCUT2D eigenvalue weighted by molar-refractivity contribution is 7.16. The van der Waals surface area contributed by atoms with Gasteiger partial charge in [-0.1, -0.05) is 55.5 Å². The van der Waals surface area contributed by atoms with Gasteiger partial charge in [0.15, 0.2) is 10.9 Å². The Balaban J connectivity index is 1.29. The van der Waals surface area contributed by atoms with Crippen LogP contribution >= 0.6 is 11.3 Å². The minimum absolute atomic E-state index is 0.0134. The van der Waals surface area contributed by atoms with Crippen LogP contribution < -0.4 is 5.32 Å². The predicted molar refractivity (Wildman–Crippen MR) is 145 cm³/mol. The Labute approximate surface area is 221 Å². The van der Waals surface area contributed by atoms with Crippen molar-refractivity contribution in [2.45, 2.75) is 45.7 Å². The van der Waals surface area contributed by atoms with E-state index >= 15 is 0 Å². The van der Waals surface area contributed by atoms with Crippen LogP contribution in [-0.4, -0.2) is 58.7 Å². The zero-order chi connectivity index (χ0) is 26.0. The van der Waals surface area contributed by atoms with Crippen molar-refractivity contribution in [2.75, 3.05) is 31.5 Å². The zero-order valence-electron chi connectivity index (χ0n) is 21.4. The molecule has 1 saturated heterocycles. The molecule has 3 aromatic rings. The van der Waals surface area contributed by atoms with Crippen molar-refractivity contribution < 1.29 is 14.0 Å². The fraction of sp³-hybridized carbons (Fsp3) is 0.414. The summed E-state index contributed by atoms with van der Waals surface area (Å²) in [6, 6.07) is 16.3. The Morgan fingerprint density at radius 1 is 1.03 bits per heavy atom. The first-order valence-corrected chi connectivity index (χ1v) is 13.7. The van der Waals surface area contributed by atoms with Crippen molar-refractivity contribution in [3.63, 3.8) is 0 Å². The molecule has 1 saturated carbocycles. The van der Waals surface area contributed by atoms with E-state index in [0.29, 0.717) is 10.7 Å². The topological polar surface area (TPSA) is 65.5 Å². The first-order valence-electron chi connectivity index (χ1n) is 12.9. The summed E-state index contributed by atoms with van der Waals surface area (Å²) in [6.07, 6.45) is 2.68. The van der Waals surface area contributed by atoms with E-state index in [4.69, 9.17) is 4.98 Å². The summed E-state index contributed by atoms with van der Waals surface area (Å²) in [5.74, 6) is -0.858. The van der Waals surface area contributed by atoms with Gasteiger partial charge in [0.05, 0.1) is 11.1 Å². The van der Waals surface area contributed by atoms with E-state index in [1.54, 1.807) is 13.8 Å². The van der Waals surface area contributed by atoms with Gasteiger partial charge in [-0.2, -0.15) is 0 Å². The Kier molecular flexibility index (Phi) is 7.51. The standard InChI is InChI=1S/C29H33FN4O2S/c1-29(2,18-24(35)20-8-10-22(30)11-9-20)27(36)32-28-31-26(21-6-4-3-5-7-21)25(37-28)19-33-14-16-34(17-15-33)23-12-13-23/h3-11,23H,12-19H2,1-2H3,(H,31,32,36). The number of amides is 1. The lowest BCUT2D eigenvalue weighted by molar-refractivity contribution is -0.123. The molecule has 2 aliphatic rings. The monoisotopic (exact) mass is 520 g/mol. The van der Waals surface area contributed by atoms with Gasteiger partial charge in [0.1, 0.15) is 5.82 Å². The Bertz CT molecular complexity index is 1250. The molecular formula is C29H33FN4O2S. The zero-order valence-corrected chi connectivity index (χ0v) is 22.2. The fourth-order valence-electron chi connectivity index (χ4n) is 4.75. The van der Waals surface area contributed by atoms with Crippen LogP contribution in [0.15, 0.2) is 54.6 Å². The second kappa shape index (κ2) is 10.8. The van der Waals surface area contributed by atoms with Gasteiger partial charge in [0, 0.05) is 61.2 Å². The van der Waals surface area contributed by atoms with Crippen molar-refractivity contribution in [1.82, 2.24) is 14.8 Å². The molecule has 0 spiro atoms. The van der Waals surface area contributed by atoms with Crippen LogP contribution in [-0.2, 0) is 11.3 Å². The molecule has 2 aromatic carbocycles. The van der Waals surface area contributed by atoms with Crippen LogP contribution in [0.5, 0.6) is 0 Å². The lowest BCUT2D eigenvalue weighted by atomic mass is 9.84. The molecule has 0 radical (unpaired) electrons. The summed E-state index contributed by atoms with van der Waals surface area (Å²) < 4.78 is 13.2. The largest absolute Gasteiger partial charge is 0.301 e. The number of nitrogens with one attached hydrogen (secondary N) is 1. The SMILES string of the molecule is CC(C)(CC(=O)c1ccc(F)cc1)C(=O)Nc1nc(-c2ccccc2)c(CN2CCN(C3CC3)CC2)s1. The highest BCUT2D eigenvalue weighted by Gasteiger charge is 2.33. The Morgan fingerprint density at radius 3 is 2.35 bits per heavy atom. The lowest BCUT2D eigenvalue weighted by Gasteiger charge is -2.34. The van der Waals surface area contributed by atoms with Crippen molar-refractivity contribution in [3.8, 4) is 11.3 Å². The van der Waals surface area contributed by atoms with E-state index in [1.165, 1.54) is 48.4 Å². The number of hydrogen-bond donors (Lipinski definition) is 1. The number of thiazole rings is 1. The molecule has 2 heterocycles. The van der Waals surface area contributed by atoms with Gasteiger partial charge >= 0.3 is 0 Å². The van der Waals surface area contributed by atoms with Crippen molar-refractivity contribution in [1.29, 1.82) is 0 Å². The molecular weight excluding hydrogens is 487 g/mol. The van der Waals surface area contributed by atoms with Crippen LogP contribution in [0.25, 0.3) is 11.3 Å². The summed E-state index contributed by atoms with van der Waals surface area (Å²) in [6.45, 7) is 8.55. The fourth-order valence-corrected chi connectivity index (χ4v) is 5.77. The van der Waals surface area contributed by atoms with E-state index in [1.807, 2.05) is 30.3 Å². The molecule has 1 aliphatic carbocycles. The second-order valence-corrected chi connectivity index (χ2v) is 11.7. The predicted octanol–water partition coefficient (Wildman–Crippen LogP) is 5.47. The third-order valence-electron chi connectivity index (χ3n) is 7.19. The maximum Gasteiger partial charge on any atom is 0.232 e. The van der Waals surface area contributed by atoms with E-state index in [9.17, 15) is 14.0 Å². The van der Waals surface area contributed by atoms with E-state index < -0.39 is 11.2 Å². The van der Waals surface area contributed by atoms with Crippen molar-refractivity contribution >= 4 is 28.2 Å². The Morgan fingerprint density at radius 2 is 1.70 bits per heavy atom. The number of halogens is 1. The van der Waals surface area contributed by atoms with E-state index in [-0.39, 0.29) is 18.1 Å². The molecule has 6 nitrogen and oxygen atoms in total. The summed E-state index contributed by atoms with van der Waals surface area (Å²) >= 11 is 1.50. The quantitative estimate of drug-likeness (QED) is 0.379.